The molecule has 0 heterocycles. The van der Waals surface area contributed by atoms with Gasteiger partial charge in [-0.25, -0.2) is 0 Å². The Bertz CT molecular complexity index is 19.0. The van der Waals surface area contributed by atoms with Crippen LogP contribution in [-0.4, -0.2) is 18.3 Å². The lowest BCUT2D eigenvalue weighted by atomic mass is 10.7. The zero-order valence-corrected chi connectivity index (χ0v) is 4.16. The number of nitrogens with one attached hydrogen (secondary N) is 1. The van der Waals surface area contributed by atoms with Gasteiger partial charge in [0, 0.05) is 6.54 Å². The molecule has 4 N–H and O–H groups in total. The van der Waals surface area contributed by atoms with Crippen LogP contribution in [0.4, 0.5) is 0 Å². The smallest absolute Gasteiger partial charge is 0.0569 e. The highest BCUT2D eigenvalue weighted by atomic mass is 35.5. The fourth-order valence-electron chi connectivity index (χ4n) is 0.0645. The van der Waals surface area contributed by atoms with Crippen molar-refractivity contribution in [2.45, 2.75) is 0 Å². The average molecular weight is 113 g/mol. The van der Waals surface area contributed by atoms with Crippen LogP contribution in [-0.2, 0) is 0 Å². The SMILES string of the molecule is Cl.NNCCO. The van der Waals surface area contributed by atoms with Crippen molar-refractivity contribution in [2.75, 3.05) is 13.2 Å². The Kier molecular flexibility index (Phi) is 14.1. The minimum Gasteiger partial charge on any atom is -0.395 e. The molecule has 0 amide bonds. The van der Waals surface area contributed by atoms with Crippen molar-refractivity contribution in [2.24, 2.45) is 5.84 Å². The van der Waals surface area contributed by atoms with Crippen LogP contribution in [0.3, 0.4) is 0 Å². The van der Waals surface area contributed by atoms with E-state index in [1.54, 1.807) is 0 Å². The van der Waals surface area contributed by atoms with Crippen LogP contribution in [0.2, 0.25) is 0 Å². The van der Waals surface area contributed by atoms with Crippen LogP contribution in [0.25, 0.3) is 0 Å². The molecular formula is C2H9ClN2O. The quantitative estimate of drug-likeness (QED) is 0.313. The molecule has 0 aromatic carbocycles. The summed E-state index contributed by atoms with van der Waals surface area (Å²) in [6, 6.07) is 0. The second kappa shape index (κ2) is 8.95. The van der Waals surface area contributed by atoms with Gasteiger partial charge in [-0.1, -0.05) is 0 Å². The molecule has 6 heavy (non-hydrogen) atoms. The van der Waals surface area contributed by atoms with Crippen molar-refractivity contribution in [3.05, 3.63) is 0 Å². The van der Waals surface area contributed by atoms with Gasteiger partial charge in [-0.3, -0.25) is 11.3 Å². The zero-order valence-electron chi connectivity index (χ0n) is 3.35. The summed E-state index contributed by atoms with van der Waals surface area (Å²) in [7, 11) is 0. The van der Waals surface area contributed by atoms with E-state index in [9.17, 15) is 0 Å². The summed E-state index contributed by atoms with van der Waals surface area (Å²) in [6.07, 6.45) is 0. The lowest BCUT2D eigenvalue weighted by Crippen LogP contribution is -2.24. The zero-order chi connectivity index (χ0) is 4.12. The lowest BCUT2D eigenvalue weighted by Gasteiger charge is -1.84. The molecule has 0 saturated carbocycles. The topological polar surface area (TPSA) is 58.3 Å². The van der Waals surface area contributed by atoms with E-state index in [-0.39, 0.29) is 19.0 Å². The molecule has 0 bridgehead atoms. The third-order valence-corrected chi connectivity index (χ3v) is 0.256. The predicted octanol–water partition coefficient (Wildman–Crippen LogP) is -1.14. The Labute approximate surface area is 42.9 Å². The number of nitrogens with two attached hydrogens (primary N) is 1. The second-order valence-electron chi connectivity index (χ2n) is 0.678. The van der Waals surface area contributed by atoms with Crippen molar-refractivity contribution in [1.29, 1.82) is 0 Å². The Morgan fingerprint density at radius 3 is 2.17 bits per heavy atom. The number of hydrazine groups is 1. The molecule has 0 aromatic heterocycles. The molecule has 40 valence electrons. The van der Waals surface area contributed by atoms with Gasteiger partial charge in [-0.05, 0) is 0 Å². The molecule has 0 aliphatic carbocycles. The maximum atomic E-state index is 7.92. The van der Waals surface area contributed by atoms with Crippen LogP contribution in [0.15, 0.2) is 0 Å². The van der Waals surface area contributed by atoms with Gasteiger partial charge >= 0.3 is 0 Å². The van der Waals surface area contributed by atoms with Gasteiger partial charge in [-0.15, -0.1) is 12.4 Å². The van der Waals surface area contributed by atoms with Crippen molar-refractivity contribution < 1.29 is 5.11 Å². The first-order valence-electron chi connectivity index (χ1n) is 1.46. The first-order chi connectivity index (χ1) is 2.41. The van der Waals surface area contributed by atoms with E-state index in [1.807, 2.05) is 0 Å². The highest BCUT2D eigenvalue weighted by Gasteiger charge is 1.66. The van der Waals surface area contributed by atoms with Gasteiger partial charge in [0.25, 0.3) is 0 Å². The lowest BCUT2D eigenvalue weighted by molar-refractivity contribution is 0.293. The van der Waals surface area contributed by atoms with Crippen molar-refractivity contribution in [3.63, 3.8) is 0 Å². The normalized spacial score (nSPS) is 7.00. The van der Waals surface area contributed by atoms with Crippen LogP contribution >= 0.6 is 12.4 Å². The van der Waals surface area contributed by atoms with Crippen molar-refractivity contribution >= 4 is 12.4 Å². The molecule has 0 unspecified atom stereocenters. The van der Waals surface area contributed by atoms with Gasteiger partial charge in [0.1, 0.15) is 0 Å². The Morgan fingerprint density at radius 1 is 1.67 bits per heavy atom. The van der Waals surface area contributed by atoms with Crippen LogP contribution in [0, 0.1) is 0 Å². The van der Waals surface area contributed by atoms with Gasteiger partial charge in [0.2, 0.25) is 0 Å². The first kappa shape index (κ1) is 9.48. The van der Waals surface area contributed by atoms with Crippen LogP contribution in [0.1, 0.15) is 0 Å². The first-order valence-corrected chi connectivity index (χ1v) is 1.46. The van der Waals surface area contributed by atoms with Crippen LogP contribution in [0.5, 0.6) is 0 Å². The summed E-state index contributed by atoms with van der Waals surface area (Å²) in [6.45, 7) is 0.580. The highest BCUT2D eigenvalue weighted by Crippen LogP contribution is 1.39. The summed E-state index contributed by atoms with van der Waals surface area (Å²) in [5, 5.41) is 7.92. The number of hydrogen-bond donors (Lipinski definition) is 3. The summed E-state index contributed by atoms with van der Waals surface area (Å²) in [4.78, 5) is 0. The third kappa shape index (κ3) is 8.90. The number of rotatable bonds is 2. The molecule has 0 atom stereocenters. The molecule has 4 heteroatoms. The summed E-state index contributed by atoms with van der Waals surface area (Å²) >= 11 is 0. The van der Waals surface area contributed by atoms with Crippen LogP contribution < -0.4 is 11.3 Å². The molecule has 0 aliphatic heterocycles. The summed E-state index contributed by atoms with van der Waals surface area (Å²) < 4.78 is 0. The van der Waals surface area contributed by atoms with Gasteiger partial charge in [0.15, 0.2) is 0 Å². The van der Waals surface area contributed by atoms with Gasteiger partial charge < -0.3 is 5.11 Å². The summed E-state index contributed by atoms with van der Waals surface area (Å²) in [5.74, 6) is 4.73. The largest absolute Gasteiger partial charge is 0.395 e. The Balaban J connectivity index is 0. The van der Waals surface area contributed by atoms with Crippen molar-refractivity contribution in [3.8, 4) is 0 Å². The monoisotopic (exact) mass is 112 g/mol. The Hall–Kier alpha value is 0.170. The molecule has 0 fully saturated rings. The Morgan fingerprint density at radius 2 is 2.17 bits per heavy atom. The number of aliphatic hydroxyl groups is 1. The molecule has 0 aliphatic rings. The fourth-order valence-corrected chi connectivity index (χ4v) is 0.0645. The van der Waals surface area contributed by atoms with Gasteiger partial charge in [0.05, 0.1) is 6.61 Å². The van der Waals surface area contributed by atoms with E-state index in [2.05, 4.69) is 5.43 Å². The number of aliphatic hydroxyl groups excluding tert-OH is 1. The van der Waals surface area contributed by atoms with Crippen molar-refractivity contribution in [1.82, 2.24) is 5.43 Å². The van der Waals surface area contributed by atoms with E-state index in [0.717, 1.165) is 0 Å². The molecule has 0 spiro atoms. The molecular weight excluding hydrogens is 103 g/mol. The van der Waals surface area contributed by atoms with E-state index >= 15 is 0 Å². The van der Waals surface area contributed by atoms with E-state index in [4.69, 9.17) is 10.9 Å². The molecule has 0 radical (unpaired) electrons. The molecule has 0 aromatic rings. The standard InChI is InChI=1S/C2H8N2O.ClH/c3-4-1-2-5;/h4-5H,1-3H2;1H. The highest BCUT2D eigenvalue weighted by molar-refractivity contribution is 5.85. The minimum atomic E-state index is 0. The number of halogens is 1. The minimum absolute atomic E-state index is 0. The predicted molar refractivity (Wildman–Crippen MR) is 26.5 cm³/mol. The fraction of sp³-hybridized carbons (Fsp3) is 1.00. The maximum Gasteiger partial charge on any atom is 0.0569 e. The maximum absolute atomic E-state index is 7.92. The third-order valence-electron chi connectivity index (χ3n) is 0.256. The van der Waals surface area contributed by atoms with Gasteiger partial charge in [-0.2, -0.15) is 0 Å². The molecule has 3 nitrogen and oxygen atoms in total. The average Bonchev–Trinajstić information content (AvgIpc) is 1.41. The summed E-state index contributed by atoms with van der Waals surface area (Å²) in [5.41, 5.74) is 2.27. The number of hydrogen-bond acceptors (Lipinski definition) is 3. The van der Waals surface area contributed by atoms with E-state index in [0.29, 0.717) is 6.54 Å². The molecule has 0 rings (SSSR count). The second-order valence-corrected chi connectivity index (χ2v) is 0.678. The van der Waals surface area contributed by atoms with E-state index < -0.39 is 0 Å². The van der Waals surface area contributed by atoms with E-state index in [1.165, 1.54) is 0 Å². The molecule has 0 saturated heterocycles.